The first-order valence-electron chi connectivity index (χ1n) is 6.79. The zero-order valence-corrected chi connectivity index (χ0v) is 11.2. The molecule has 1 aliphatic heterocycles. The molecular formula is C14H24O4. The SMILES string of the molecule is C=CCC[C@H](CC(=O)OCC)OC1CCCCO1. The van der Waals surface area contributed by atoms with Crippen LogP contribution in [-0.2, 0) is 19.0 Å². The fourth-order valence-corrected chi connectivity index (χ4v) is 1.96. The van der Waals surface area contributed by atoms with Crippen LogP contribution in [0.25, 0.3) is 0 Å². The highest BCUT2D eigenvalue weighted by molar-refractivity contribution is 5.69. The lowest BCUT2D eigenvalue weighted by molar-refractivity contribution is -0.193. The van der Waals surface area contributed by atoms with E-state index in [1.165, 1.54) is 0 Å². The van der Waals surface area contributed by atoms with Gasteiger partial charge < -0.3 is 14.2 Å². The maximum absolute atomic E-state index is 11.5. The van der Waals surface area contributed by atoms with E-state index in [9.17, 15) is 4.79 Å². The van der Waals surface area contributed by atoms with Gasteiger partial charge in [0.25, 0.3) is 0 Å². The molecule has 0 saturated carbocycles. The molecule has 1 fully saturated rings. The van der Waals surface area contributed by atoms with Crippen LogP contribution in [0.15, 0.2) is 12.7 Å². The second kappa shape index (κ2) is 9.11. The minimum atomic E-state index is -0.206. The van der Waals surface area contributed by atoms with Gasteiger partial charge >= 0.3 is 5.97 Å². The molecule has 0 spiro atoms. The highest BCUT2D eigenvalue weighted by Crippen LogP contribution is 2.19. The Bertz CT molecular complexity index is 246. The van der Waals surface area contributed by atoms with Gasteiger partial charge in [-0.2, -0.15) is 0 Å². The number of esters is 1. The first kappa shape index (κ1) is 15.2. The van der Waals surface area contributed by atoms with E-state index >= 15 is 0 Å². The van der Waals surface area contributed by atoms with Crippen LogP contribution in [0.5, 0.6) is 0 Å². The van der Waals surface area contributed by atoms with E-state index in [1.54, 1.807) is 0 Å². The van der Waals surface area contributed by atoms with E-state index in [-0.39, 0.29) is 18.4 Å². The first-order chi connectivity index (χ1) is 8.76. The van der Waals surface area contributed by atoms with Crippen molar-refractivity contribution >= 4 is 5.97 Å². The maximum atomic E-state index is 11.5. The molecule has 1 heterocycles. The predicted octanol–water partition coefficient (Wildman–Crippen LogP) is 2.82. The summed E-state index contributed by atoms with van der Waals surface area (Å²) in [6.07, 6.45) is 6.57. The van der Waals surface area contributed by atoms with Crippen molar-refractivity contribution in [3.8, 4) is 0 Å². The van der Waals surface area contributed by atoms with Crippen LogP contribution in [0, 0.1) is 0 Å². The molecule has 1 aliphatic rings. The molecule has 0 amide bonds. The lowest BCUT2D eigenvalue weighted by Crippen LogP contribution is -2.29. The molecular weight excluding hydrogens is 232 g/mol. The summed E-state index contributed by atoms with van der Waals surface area (Å²) in [5, 5.41) is 0. The Morgan fingerprint density at radius 3 is 3.00 bits per heavy atom. The summed E-state index contributed by atoms with van der Waals surface area (Å²) in [6, 6.07) is 0. The molecule has 0 aromatic heterocycles. The van der Waals surface area contributed by atoms with Crippen LogP contribution in [0.3, 0.4) is 0 Å². The van der Waals surface area contributed by atoms with Gasteiger partial charge in [0.15, 0.2) is 6.29 Å². The third-order valence-electron chi connectivity index (χ3n) is 2.87. The summed E-state index contributed by atoms with van der Waals surface area (Å²) in [4.78, 5) is 11.5. The average molecular weight is 256 g/mol. The van der Waals surface area contributed by atoms with Gasteiger partial charge in [-0.1, -0.05) is 6.08 Å². The highest BCUT2D eigenvalue weighted by atomic mass is 16.7. The second-order valence-electron chi connectivity index (χ2n) is 4.43. The Morgan fingerprint density at radius 1 is 1.56 bits per heavy atom. The fraction of sp³-hybridized carbons (Fsp3) is 0.786. The number of carbonyl (C=O) groups is 1. The van der Waals surface area contributed by atoms with Crippen molar-refractivity contribution < 1.29 is 19.0 Å². The minimum absolute atomic E-state index is 0.134. The molecule has 4 heteroatoms. The standard InChI is InChI=1S/C14H24O4/c1-3-5-8-12(11-13(15)16-4-2)18-14-9-6-7-10-17-14/h3,12,14H,1,4-11H2,2H3/t12-,14?/m1/s1. The minimum Gasteiger partial charge on any atom is -0.466 e. The number of ether oxygens (including phenoxy) is 3. The summed E-state index contributed by atoms with van der Waals surface area (Å²) < 4.78 is 16.3. The summed E-state index contributed by atoms with van der Waals surface area (Å²) in [7, 11) is 0. The van der Waals surface area contributed by atoms with Crippen molar-refractivity contribution in [1.82, 2.24) is 0 Å². The smallest absolute Gasteiger partial charge is 0.308 e. The van der Waals surface area contributed by atoms with Crippen LogP contribution in [-0.4, -0.2) is 31.6 Å². The third-order valence-corrected chi connectivity index (χ3v) is 2.87. The Hall–Kier alpha value is -0.870. The molecule has 0 bridgehead atoms. The Labute approximate surface area is 109 Å². The van der Waals surface area contributed by atoms with E-state index in [1.807, 2.05) is 13.0 Å². The fourth-order valence-electron chi connectivity index (χ4n) is 1.96. The summed E-state index contributed by atoms with van der Waals surface area (Å²) in [6.45, 7) is 6.66. The van der Waals surface area contributed by atoms with Gasteiger partial charge in [0.05, 0.1) is 19.1 Å². The zero-order chi connectivity index (χ0) is 13.2. The molecule has 18 heavy (non-hydrogen) atoms. The van der Waals surface area contributed by atoms with Crippen molar-refractivity contribution in [2.75, 3.05) is 13.2 Å². The normalized spacial score (nSPS) is 21.3. The van der Waals surface area contributed by atoms with Gasteiger partial charge in [0.2, 0.25) is 0 Å². The molecule has 1 rings (SSSR count). The molecule has 104 valence electrons. The van der Waals surface area contributed by atoms with Crippen LogP contribution < -0.4 is 0 Å². The topological polar surface area (TPSA) is 44.8 Å². The van der Waals surface area contributed by atoms with Gasteiger partial charge in [0.1, 0.15) is 0 Å². The van der Waals surface area contributed by atoms with Gasteiger partial charge in [-0.05, 0) is 39.0 Å². The Kier molecular flexibility index (Phi) is 7.69. The monoisotopic (exact) mass is 256 g/mol. The molecule has 1 saturated heterocycles. The van der Waals surface area contributed by atoms with Crippen molar-refractivity contribution in [2.45, 2.75) is 57.8 Å². The number of rotatable bonds is 8. The Balaban J connectivity index is 2.37. The van der Waals surface area contributed by atoms with Crippen LogP contribution in [0.2, 0.25) is 0 Å². The third kappa shape index (κ3) is 6.17. The first-order valence-corrected chi connectivity index (χ1v) is 6.79. The van der Waals surface area contributed by atoms with E-state index in [0.29, 0.717) is 13.0 Å². The molecule has 2 atom stereocenters. The summed E-state index contributed by atoms with van der Waals surface area (Å²) >= 11 is 0. The molecule has 0 N–H and O–H groups in total. The summed E-state index contributed by atoms with van der Waals surface area (Å²) in [5.74, 6) is -0.206. The van der Waals surface area contributed by atoms with Gasteiger partial charge in [0, 0.05) is 6.61 Å². The maximum Gasteiger partial charge on any atom is 0.308 e. The number of allylic oxidation sites excluding steroid dienone is 1. The number of hydrogen-bond acceptors (Lipinski definition) is 4. The average Bonchev–Trinajstić information content (AvgIpc) is 2.37. The van der Waals surface area contributed by atoms with E-state index < -0.39 is 0 Å². The van der Waals surface area contributed by atoms with Crippen molar-refractivity contribution in [2.24, 2.45) is 0 Å². The predicted molar refractivity (Wildman–Crippen MR) is 69.1 cm³/mol. The van der Waals surface area contributed by atoms with Crippen molar-refractivity contribution in [3.05, 3.63) is 12.7 Å². The largest absolute Gasteiger partial charge is 0.466 e. The zero-order valence-electron chi connectivity index (χ0n) is 11.2. The van der Waals surface area contributed by atoms with Crippen LogP contribution in [0.4, 0.5) is 0 Å². The van der Waals surface area contributed by atoms with Crippen molar-refractivity contribution in [3.63, 3.8) is 0 Å². The van der Waals surface area contributed by atoms with Gasteiger partial charge in [-0.15, -0.1) is 6.58 Å². The van der Waals surface area contributed by atoms with Gasteiger partial charge in [-0.3, -0.25) is 4.79 Å². The molecule has 0 aromatic carbocycles. The number of carbonyl (C=O) groups excluding carboxylic acids is 1. The van der Waals surface area contributed by atoms with Crippen molar-refractivity contribution in [1.29, 1.82) is 0 Å². The summed E-state index contributed by atoms with van der Waals surface area (Å²) in [5.41, 5.74) is 0. The molecule has 0 aromatic rings. The molecule has 1 unspecified atom stereocenters. The highest BCUT2D eigenvalue weighted by Gasteiger charge is 2.22. The lowest BCUT2D eigenvalue weighted by Gasteiger charge is -2.27. The van der Waals surface area contributed by atoms with E-state index in [2.05, 4.69) is 6.58 Å². The van der Waals surface area contributed by atoms with Crippen LogP contribution >= 0.6 is 0 Å². The van der Waals surface area contributed by atoms with E-state index in [4.69, 9.17) is 14.2 Å². The molecule has 4 nitrogen and oxygen atoms in total. The second-order valence-corrected chi connectivity index (χ2v) is 4.43. The van der Waals surface area contributed by atoms with Gasteiger partial charge in [-0.25, -0.2) is 0 Å². The lowest BCUT2D eigenvalue weighted by atomic mass is 10.1. The Morgan fingerprint density at radius 2 is 2.39 bits per heavy atom. The van der Waals surface area contributed by atoms with Crippen LogP contribution in [0.1, 0.15) is 45.4 Å². The molecule has 0 aliphatic carbocycles. The molecule has 0 radical (unpaired) electrons. The van der Waals surface area contributed by atoms with E-state index in [0.717, 1.165) is 38.7 Å². The number of hydrogen-bond donors (Lipinski definition) is 0. The quantitative estimate of drug-likeness (QED) is 0.495.